The maximum atomic E-state index is 6.15. The number of ether oxygens (including phenoxy) is 2. The Morgan fingerprint density at radius 3 is 1.48 bits per heavy atom. The molecule has 2 N–H and O–H groups in total. The van der Waals surface area contributed by atoms with Crippen molar-refractivity contribution in [3.05, 3.63) is 115 Å². The third-order valence-electron chi connectivity index (χ3n) is 5.04. The Morgan fingerprint density at radius 1 is 0.515 bits per heavy atom. The number of nitrogens with two attached hydrogens (primary N) is 1. The van der Waals surface area contributed by atoms with Crippen LogP contribution >= 0.6 is 0 Å². The summed E-state index contributed by atoms with van der Waals surface area (Å²) in [6, 6.07) is 34.7. The van der Waals surface area contributed by atoms with Crippen LogP contribution in [0.4, 0.5) is 5.82 Å². The van der Waals surface area contributed by atoms with Gasteiger partial charge in [0.2, 0.25) is 0 Å². The van der Waals surface area contributed by atoms with Crippen molar-refractivity contribution >= 4 is 5.82 Å². The lowest BCUT2D eigenvalue weighted by molar-refractivity contribution is 0.482. The molecule has 160 valence electrons. The van der Waals surface area contributed by atoms with Crippen molar-refractivity contribution in [1.29, 1.82) is 0 Å². The highest BCUT2D eigenvalue weighted by atomic mass is 16.5. The van der Waals surface area contributed by atoms with E-state index in [4.69, 9.17) is 20.2 Å². The fourth-order valence-electron chi connectivity index (χ4n) is 3.37. The number of aromatic nitrogens is 2. The summed E-state index contributed by atoms with van der Waals surface area (Å²) in [5.74, 6) is 3.44. The van der Waals surface area contributed by atoms with E-state index in [1.807, 2.05) is 109 Å². The molecule has 0 saturated carbocycles. The second kappa shape index (κ2) is 9.24. The van der Waals surface area contributed by atoms with Gasteiger partial charge in [0.1, 0.15) is 34.5 Å². The predicted octanol–water partition coefficient (Wildman–Crippen LogP) is 6.98. The van der Waals surface area contributed by atoms with Crippen LogP contribution in [0.2, 0.25) is 0 Å². The van der Waals surface area contributed by atoms with Crippen LogP contribution < -0.4 is 15.2 Å². The Bertz CT molecular complexity index is 1340. The van der Waals surface area contributed by atoms with Crippen LogP contribution in [0.3, 0.4) is 0 Å². The molecule has 5 rings (SSSR count). The third kappa shape index (κ3) is 4.83. The molecule has 0 amide bonds. The Morgan fingerprint density at radius 2 is 0.970 bits per heavy atom. The van der Waals surface area contributed by atoms with Gasteiger partial charge in [0.05, 0.1) is 11.9 Å². The lowest BCUT2D eigenvalue weighted by Crippen LogP contribution is -1.99. The summed E-state index contributed by atoms with van der Waals surface area (Å²) in [5, 5.41) is 0. The number of hydrogen-bond acceptors (Lipinski definition) is 5. The third-order valence-corrected chi connectivity index (χ3v) is 5.04. The minimum atomic E-state index is 0.375. The first-order chi connectivity index (χ1) is 16.2. The fraction of sp³-hybridized carbons (Fsp3) is 0. The number of anilines is 1. The SMILES string of the molecule is Nc1ncc(-c2ccc(Oc3ccccc3)cc2)nc1-c1ccc(Oc2ccccc2)cc1. The zero-order valence-corrected chi connectivity index (χ0v) is 17.8. The molecule has 0 atom stereocenters. The van der Waals surface area contributed by atoms with Gasteiger partial charge < -0.3 is 15.2 Å². The molecule has 0 aliphatic carbocycles. The van der Waals surface area contributed by atoms with E-state index in [-0.39, 0.29) is 0 Å². The van der Waals surface area contributed by atoms with Gasteiger partial charge >= 0.3 is 0 Å². The summed E-state index contributed by atoms with van der Waals surface area (Å²) in [5.41, 5.74) is 9.30. The first-order valence-corrected chi connectivity index (χ1v) is 10.5. The van der Waals surface area contributed by atoms with Crippen molar-refractivity contribution in [2.45, 2.75) is 0 Å². The first kappa shape index (κ1) is 20.3. The highest BCUT2D eigenvalue weighted by Crippen LogP contribution is 2.30. The van der Waals surface area contributed by atoms with Gasteiger partial charge in [-0.25, -0.2) is 9.97 Å². The molecule has 5 nitrogen and oxygen atoms in total. The van der Waals surface area contributed by atoms with E-state index in [1.54, 1.807) is 6.20 Å². The van der Waals surface area contributed by atoms with Crippen LogP contribution in [0.5, 0.6) is 23.0 Å². The predicted molar refractivity (Wildman–Crippen MR) is 130 cm³/mol. The molecule has 5 heteroatoms. The molecule has 4 aromatic carbocycles. The summed E-state index contributed by atoms with van der Waals surface area (Å²) in [4.78, 5) is 9.14. The van der Waals surface area contributed by atoms with Gasteiger partial charge in [0, 0.05) is 11.1 Å². The zero-order chi connectivity index (χ0) is 22.5. The smallest absolute Gasteiger partial charge is 0.150 e. The standard InChI is InChI=1S/C28H21N3O2/c29-28-27(21-13-17-25(18-14-21)33-23-9-5-2-6-10-23)31-26(19-30-28)20-11-15-24(16-12-20)32-22-7-3-1-4-8-22/h1-19H,(H2,29,30). The molecule has 0 fully saturated rings. The van der Waals surface area contributed by atoms with Gasteiger partial charge in [-0.3, -0.25) is 0 Å². The number of nitrogens with zero attached hydrogens (tertiary/aromatic N) is 2. The molecule has 0 aliphatic heterocycles. The monoisotopic (exact) mass is 431 g/mol. The largest absolute Gasteiger partial charge is 0.457 e. The summed E-state index contributed by atoms with van der Waals surface area (Å²) in [6.07, 6.45) is 1.68. The van der Waals surface area contributed by atoms with E-state index in [1.165, 1.54) is 0 Å². The average Bonchev–Trinajstić information content (AvgIpc) is 2.87. The second-order valence-electron chi connectivity index (χ2n) is 7.37. The van der Waals surface area contributed by atoms with Crippen LogP contribution in [0.15, 0.2) is 115 Å². The first-order valence-electron chi connectivity index (χ1n) is 10.5. The lowest BCUT2D eigenvalue weighted by Gasteiger charge is -2.10. The van der Waals surface area contributed by atoms with Gasteiger partial charge in [0.25, 0.3) is 0 Å². The molecule has 0 bridgehead atoms. The van der Waals surface area contributed by atoms with Crippen molar-refractivity contribution in [1.82, 2.24) is 9.97 Å². The Balaban J connectivity index is 1.36. The molecular formula is C28H21N3O2. The second-order valence-corrected chi connectivity index (χ2v) is 7.37. The molecule has 1 heterocycles. The van der Waals surface area contributed by atoms with E-state index in [0.717, 1.165) is 39.8 Å². The van der Waals surface area contributed by atoms with Gasteiger partial charge in [-0.1, -0.05) is 36.4 Å². The van der Waals surface area contributed by atoms with Crippen molar-refractivity contribution < 1.29 is 9.47 Å². The van der Waals surface area contributed by atoms with Gasteiger partial charge in [-0.2, -0.15) is 0 Å². The van der Waals surface area contributed by atoms with Crippen molar-refractivity contribution in [2.24, 2.45) is 0 Å². The van der Waals surface area contributed by atoms with E-state index in [0.29, 0.717) is 11.5 Å². The lowest BCUT2D eigenvalue weighted by atomic mass is 10.1. The minimum absolute atomic E-state index is 0.375. The molecule has 0 aliphatic rings. The molecule has 1 aromatic heterocycles. The molecule has 5 aromatic rings. The Kier molecular flexibility index (Phi) is 5.68. The maximum Gasteiger partial charge on any atom is 0.150 e. The number of para-hydroxylation sites is 2. The number of benzene rings is 4. The molecular weight excluding hydrogens is 410 g/mol. The van der Waals surface area contributed by atoms with Crippen LogP contribution in [-0.2, 0) is 0 Å². The van der Waals surface area contributed by atoms with Crippen molar-refractivity contribution in [3.8, 4) is 45.5 Å². The topological polar surface area (TPSA) is 70.3 Å². The van der Waals surface area contributed by atoms with E-state index in [9.17, 15) is 0 Å². The normalized spacial score (nSPS) is 10.5. The molecule has 0 spiro atoms. The van der Waals surface area contributed by atoms with Crippen LogP contribution in [0.1, 0.15) is 0 Å². The summed E-state index contributed by atoms with van der Waals surface area (Å²) in [7, 11) is 0. The Labute approximate surface area is 192 Å². The summed E-state index contributed by atoms with van der Waals surface area (Å²) in [6.45, 7) is 0. The fourth-order valence-corrected chi connectivity index (χ4v) is 3.37. The Hall–Kier alpha value is -4.64. The van der Waals surface area contributed by atoms with E-state index >= 15 is 0 Å². The number of rotatable bonds is 6. The minimum Gasteiger partial charge on any atom is -0.457 e. The molecule has 33 heavy (non-hydrogen) atoms. The number of hydrogen-bond donors (Lipinski definition) is 1. The van der Waals surface area contributed by atoms with Crippen LogP contribution in [-0.4, -0.2) is 9.97 Å². The summed E-state index contributed by atoms with van der Waals surface area (Å²) >= 11 is 0. The van der Waals surface area contributed by atoms with Gasteiger partial charge in [-0.05, 0) is 72.8 Å². The van der Waals surface area contributed by atoms with Crippen molar-refractivity contribution in [3.63, 3.8) is 0 Å². The summed E-state index contributed by atoms with van der Waals surface area (Å²) < 4.78 is 11.7. The molecule has 0 radical (unpaired) electrons. The van der Waals surface area contributed by atoms with Crippen LogP contribution in [0, 0.1) is 0 Å². The molecule has 0 saturated heterocycles. The average molecular weight is 431 g/mol. The van der Waals surface area contributed by atoms with E-state index < -0.39 is 0 Å². The maximum absolute atomic E-state index is 6.15. The van der Waals surface area contributed by atoms with Gasteiger partial charge in [0.15, 0.2) is 0 Å². The van der Waals surface area contributed by atoms with Crippen LogP contribution in [0.25, 0.3) is 22.5 Å². The highest BCUT2D eigenvalue weighted by molar-refractivity contribution is 5.73. The molecule has 0 unspecified atom stereocenters. The van der Waals surface area contributed by atoms with Gasteiger partial charge in [-0.15, -0.1) is 0 Å². The zero-order valence-electron chi connectivity index (χ0n) is 17.8. The quantitative estimate of drug-likeness (QED) is 0.314. The number of nitrogen functional groups attached to an aromatic ring is 1. The highest BCUT2D eigenvalue weighted by Gasteiger charge is 2.10. The van der Waals surface area contributed by atoms with Crippen molar-refractivity contribution in [2.75, 3.05) is 5.73 Å². The van der Waals surface area contributed by atoms with E-state index in [2.05, 4.69) is 4.98 Å².